The van der Waals surface area contributed by atoms with E-state index >= 15 is 0 Å². The van der Waals surface area contributed by atoms with Crippen LogP contribution >= 0.6 is 31.9 Å². The molecule has 1 aliphatic rings. The van der Waals surface area contributed by atoms with Gasteiger partial charge in [0.05, 0.1) is 43.4 Å². The third-order valence-electron chi connectivity index (χ3n) is 5.99. The molecule has 176 valence electrons. The zero-order valence-corrected chi connectivity index (χ0v) is 21.2. The predicted molar refractivity (Wildman–Crippen MR) is 128 cm³/mol. The number of halogens is 2. The van der Waals surface area contributed by atoms with Crippen molar-refractivity contribution < 1.29 is 24.0 Å². The van der Waals surface area contributed by atoms with Crippen LogP contribution in [-0.4, -0.2) is 37.1 Å². The van der Waals surface area contributed by atoms with Crippen molar-refractivity contribution in [1.82, 2.24) is 0 Å². The molecule has 3 rings (SSSR count). The molecule has 34 heavy (non-hydrogen) atoms. The van der Waals surface area contributed by atoms with Gasteiger partial charge in [0.1, 0.15) is 0 Å². The lowest BCUT2D eigenvalue weighted by Crippen LogP contribution is -2.55. The van der Waals surface area contributed by atoms with Gasteiger partial charge in [0, 0.05) is 13.9 Å². The van der Waals surface area contributed by atoms with Crippen LogP contribution < -0.4 is 5.73 Å². The molecule has 0 aliphatic heterocycles. The van der Waals surface area contributed by atoms with E-state index < -0.39 is 45.9 Å². The maximum absolute atomic E-state index is 13.2. The molecule has 1 aliphatic carbocycles. The van der Waals surface area contributed by atoms with Crippen LogP contribution in [0, 0.1) is 26.9 Å². The van der Waals surface area contributed by atoms with Crippen molar-refractivity contribution in [3.63, 3.8) is 0 Å². The predicted octanol–water partition coefficient (Wildman–Crippen LogP) is 3.81. The number of hydrogen-bond donors (Lipinski definition) is 1. The van der Waals surface area contributed by atoms with Crippen molar-refractivity contribution in [2.45, 2.75) is 17.9 Å². The molecule has 11 heteroatoms. The number of carbonyl (C=O) groups excluding carboxylic acids is 2. The number of benzene rings is 2. The Bertz CT molecular complexity index is 1240. The van der Waals surface area contributed by atoms with E-state index in [1.807, 2.05) is 6.07 Å². The number of hydrogen-bond acceptors (Lipinski definition) is 8. The minimum Gasteiger partial charge on any atom is -0.468 e. The molecular formula is C23H19Br2N3O6. The number of nitriles is 1. The first-order chi connectivity index (χ1) is 16.2. The average Bonchev–Trinajstić information content (AvgIpc) is 2.83. The summed E-state index contributed by atoms with van der Waals surface area (Å²) in [5, 5.41) is 23.1. The van der Waals surface area contributed by atoms with Crippen molar-refractivity contribution in [3.05, 3.63) is 90.0 Å². The van der Waals surface area contributed by atoms with Gasteiger partial charge in [-0.15, -0.1) is 0 Å². The Balaban J connectivity index is 2.58. The summed E-state index contributed by atoms with van der Waals surface area (Å²) >= 11 is 6.79. The van der Waals surface area contributed by atoms with Gasteiger partial charge in [0.25, 0.3) is 0 Å². The van der Waals surface area contributed by atoms with E-state index in [0.717, 1.165) is 14.2 Å². The van der Waals surface area contributed by atoms with Crippen LogP contribution in [0.15, 0.2) is 68.7 Å². The van der Waals surface area contributed by atoms with Gasteiger partial charge in [-0.3, -0.25) is 10.1 Å². The molecule has 0 radical (unpaired) electrons. The van der Waals surface area contributed by atoms with Crippen LogP contribution in [0.3, 0.4) is 0 Å². The maximum atomic E-state index is 13.2. The number of nitrogens with two attached hydrogens (primary N) is 1. The third kappa shape index (κ3) is 3.86. The lowest BCUT2D eigenvalue weighted by Gasteiger charge is -2.43. The molecule has 0 amide bonds. The molecule has 0 spiro atoms. The number of methoxy groups -OCH3 is 2. The first-order valence-electron chi connectivity index (χ1n) is 9.87. The lowest BCUT2D eigenvalue weighted by molar-refractivity contribution is -0.532. The number of nitrogens with zero attached hydrogens (tertiary/aromatic N) is 2. The zero-order valence-electron chi connectivity index (χ0n) is 18.0. The maximum Gasteiger partial charge on any atom is 0.336 e. The van der Waals surface area contributed by atoms with Crippen molar-refractivity contribution >= 4 is 43.8 Å². The second kappa shape index (κ2) is 9.95. The Morgan fingerprint density at radius 2 is 1.59 bits per heavy atom. The zero-order chi connectivity index (χ0) is 25.2. The van der Waals surface area contributed by atoms with Crippen molar-refractivity contribution in [2.75, 3.05) is 14.2 Å². The molecule has 4 atom stereocenters. The first-order valence-corrected chi connectivity index (χ1v) is 11.5. The van der Waals surface area contributed by atoms with Gasteiger partial charge in [0.15, 0.2) is 0 Å². The van der Waals surface area contributed by atoms with Crippen LogP contribution in [-0.2, 0) is 19.1 Å². The smallest absolute Gasteiger partial charge is 0.336 e. The number of carbonyl (C=O) groups is 2. The van der Waals surface area contributed by atoms with E-state index in [1.54, 1.807) is 48.5 Å². The Morgan fingerprint density at radius 3 is 2.03 bits per heavy atom. The Kier molecular flexibility index (Phi) is 7.43. The average molecular weight is 593 g/mol. The molecule has 0 bridgehead atoms. The Morgan fingerprint density at radius 1 is 1.06 bits per heavy atom. The first kappa shape index (κ1) is 25.4. The topological polar surface area (TPSA) is 146 Å². The SMILES string of the molecule is COC(=O)C1=C(N)C(C#N)(C(=O)OC)C(c2ccccc2Br)C([N+](=O)[O-])C1c1ccccc1Br. The van der Waals surface area contributed by atoms with Gasteiger partial charge in [-0.25, -0.2) is 9.59 Å². The molecule has 2 aromatic carbocycles. The molecule has 0 aromatic heterocycles. The summed E-state index contributed by atoms with van der Waals surface area (Å²) < 4.78 is 10.7. The molecule has 9 nitrogen and oxygen atoms in total. The summed E-state index contributed by atoms with van der Waals surface area (Å²) in [6, 6.07) is 13.3. The van der Waals surface area contributed by atoms with Crippen molar-refractivity contribution in [2.24, 2.45) is 11.1 Å². The molecule has 0 fully saturated rings. The summed E-state index contributed by atoms with van der Waals surface area (Å²) in [6.45, 7) is 0. The highest BCUT2D eigenvalue weighted by atomic mass is 79.9. The minimum atomic E-state index is -2.38. The Labute approximate surface area is 211 Å². The summed E-state index contributed by atoms with van der Waals surface area (Å²) in [6.07, 6.45) is 0. The standard InChI is InChI=1S/C23H19Br2N3O6/c1-33-21(29)17-16(12-7-3-5-9-14(12)24)19(28(31)32)18(13-8-4-6-10-15(13)25)23(11-26,20(17)27)22(30)34-2/h3-10,16,18-19H,27H2,1-2H3. The molecular weight excluding hydrogens is 574 g/mol. The van der Waals surface area contributed by atoms with E-state index in [2.05, 4.69) is 31.9 Å². The molecule has 2 N–H and O–H groups in total. The Hall–Kier alpha value is -3.23. The van der Waals surface area contributed by atoms with Gasteiger partial charge < -0.3 is 15.2 Å². The number of esters is 2. The van der Waals surface area contributed by atoms with E-state index in [4.69, 9.17) is 15.2 Å². The van der Waals surface area contributed by atoms with Gasteiger partial charge in [0.2, 0.25) is 11.5 Å². The van der Waals surface area contributed by atoms with Gasteiger partial charge in [-0.2, -0.15) is 5.26 Å². The van der Waals surface area contributed by atoms with Crippen LogP contribution in [0.4, 0.5) is 0 Å². The molecule has 0 saturated carbocycles. The van der Waals surface area contributed by atoms with E-state index in [1.165, 1.54) is 0 Å². The van der Waals surface area contributed by atoms with Gasteiger partial charge in [-0.05, 0) is 23.3 Å². The summed E-state index contributed by atoms with van der Waals surface area (Å²) in [7, 11) is 2.14. The van der Waals surface area contributed by atoms with Crippen molar-refractivity contribution in [3.8, 4) is 6.07 Å². The highest BCUT2D eigenvalue weighted by molar-refractivity contribution is 9.10. The van der Waals surface area contributed by atoms with E-state index in [9.17, 15) is 25.0 Å². The van der Waals surface area contributed by atoms with Gasteiger partial charge in [-0.1, -0.05) is 68.3 Å². The van der Waals surface area contributed by atoms with Crippen LogP contribution in [0.25, 0.3) is 0 Å². The molecule has 0 saturated heterocycles. The number of nitro groups is 1. The van der Waals surface area contributed by atoms with Crippen LogP contribution in [0.1, 0.15) is 23.0 Å². The highest BCUT2D eigenvalue weighted by Gasteiger charge is 2.66. The molecule has 0 heterocycles. The summed E-state index contributed by atoms with van der Waals surface area (Å²) in [5.41, 5.74) is 3.94. The van der Waals surface area contributed by atoms with E-state index in [-0.39, 0.29) is 5.57 Å². The fourth-order valence-corrected chi connectivity index (χ4v) is 5.60. The second-order valence-electron chi connectivity index (χ2n) is 7.50. The lowest BCUT2D eigenvalue weighted by atomic mass is 9.57. The minimum absolute atomic E-state index is 0.292. The van der Waals surface area contributed by atoms with Crippen LogP contribution in [0.2, 0.25) is 0 Å². The molecule has 4 unspecified atom stereocenters. The summed E-state index contributed by atoms with van der Waals surface area (Å²) in [4.78, 5) is 38.3. The highest BCUT2D eigenvalue weighted by Crippen LogP contribution is 2.56. The normalized spacial score (nSPS) is 24.1. The number of rotatable bonds is 5. The van der Waals surface area contributed by atoms with E-state index in [0.29, 0.717) is 20.1 Å². The quantitative estimate of drug-likeness (QED) is 0.313. The fourth-order valence-electron chi connectivity index (χ4n) is 4.54. The largest absolute Gasteiger partial charge is 0.468 e. The second-order valence-corrected chi connectivity index (χ2v) is 9.21. The summed E-state index contributed by atoms with van der Waals surface area (Å²) in [5.74, 6) is -4.77. The third-order valence-corrected chi connectivity index (χ3v) is 7.43. The van der Waals surface area contributed by atoms with Crippen molar-refractivity contribution in [1.29, 1.82) is 5.26 Å². The van der Waals surface area contributed by atoms with Gasteiger partial charge >= 0.3 is 11.9 Å². The molecule has 2 aromatic rings. The van der Waals surface area contributed by atoms with Crippen LogP contribution in [0.5, 0.6) is 0 Å². The fraction of sp³-hybridized carbons (Fsp3) is 0.261. The monoisotopic (exact) mass is 591 g/mol. The number of ether oxygens (including phenoxy) is 2.